The molecule has 1 saturated carbocycles. The number of esters is 1. The third-order valence-electron chi connectivity index (χ3n) is 4.91. The number of carbonyl (C=O) groups excluding carboxylic acids is 3. The number of aryl methyl sites for hydroxylation is 2. The van der Waals surface area contributed by atoms with Crippen LogP contribution in [-0.4, -0.2) is 29.0 Å². The Balaban J connectivity index is 1.58. The summed E-state index contributed by atoms with van der Waals surface area (Å²) >= 11 is 1.44. The Hall–Kier alpha value is -2.41. The predicted molar refractivity (Wildman–Crippen MR) is 103 cm³/mol. The number of nitrogens with zero attached hydrogens (tertiary/aromatic N) is 1. The summed E-state index contributed by atoms with van der Waals surface area (Å²) in [5, 5.41) is 4.93. The summed E-state index contributed by atoms with van der Waals surface area (Å²) in [6, 6.07) is 5.65. The molecule has 2 heterocycles. The van der Waals surface area contributed by atoms with Crippen LogP contribution >= 0.6 is 11.3 Å². The zero-order valence-corrected chi connectivity index (χ0v) is 16.4. The van der Waals surface area contributed by atoms with Crippen molar-refractivity contribution in [1.82, 2.24) is 9.88 Å². The topological polar surface area (TPSA) is 77.4 Å². The highest BCUT2D eigenvalue weighted by Crippen LogP contribution is 2.26. The molecule has 1 fully saturated rings. The maximum Gasteiger partial charge on any atom is 0.341 e. The monoisotopic (exact) mass is 388 g/mol. The van der Waals surface area contributed by atoms with E-state index in [1.807, 2.05) is 35.9 Å². The zero-order chi connectivity index (χ0) is 19.4. The molecule has 6 nitrogen and oxygen atoms in total. The molecule has 1 N–H and O–H groups in total. The highest BCUT2D eigenvalue weighted by Gasteiger charge is 2.24. The van der Waals surface area contributed by atoms with Crippen LogP contribution in [0.3, 0.4) is 0 Å². The standard InChI is InChI=1S/C20H24N2O4S/c1-13-8-9-14(2)22(13)19-16(10-11-27-19)20(25)26-12-17(23)21-18(24)15-6-4-3-5-7-15/h8-11,15H,3-7,12H2,1-2H3,(H,21,23,24). The maximum absolute atomic E-state index is 12.4. The number of imide groups is 1. The average Bonchev–Trinajstić information content (AvgIpc) is 3.26. The van der Waals surface area contributed by atoms with Crippen LogP contribution in [0.4, 0.5) is 0 Å². The predicted octanol–water partition coefficient (Wildman–Crippen LogP) is 3.54. The minimum absolute atomic E-state index is 0.110. The Labute approximate surface area is 162 Å². The Kier molecular flexibility index (Phi) is 6.11. The van der Waals surface area contributed by atoms with Crippen molar-refractivity contribution in [3.8, 4) is 5.00 Å². The first kappa shape index (κ1) is 19.4. The average molecular weight is 388 g/mol. The lowest BCUT2D eigenvalue weighted by Gasteiger charge is -2.20. The lowest BCUT2D eigenvalue weighted by Crippen LogP contribution is -2.38. The molecule has 2 aromatic heterocycles. The molecule has 0 saturated heterocycles. The van der Waals surface area contributed by atoms with Gasteiger partial charge < -0.3 is 9.30 Å². The van der Waals surface area contributed by atoms with Crippen LogP contribution in [0.1, 0.15) is 53.8 Å². The van der Waals surface area contributed by atoms with E-state index in [1.165, 1.54) is 11.3 Å². The first-order chi connectivity index (χ1) is 13.0. The van der Waals surface area contributed by atoms with Crippen molar-refractivity contribution in [1.29, 1.82) is 0 Å². The maximum atomic E-state index is 12.4. The molecule has 0 aromatic carbocycles. The molecule has 3 rings (SSSR count). The van der Waals surface area contributed by atoms with Crippen molar-refractivity contribution >= 4 is 29.1 Å². The molecule has 1 aliphatic carbocycles. The molecule has 2 amide bonds. The Bertz CT molecular complexity index is 827. The number of aromatic nitrogens is 1. The lowest BCUT2D eigenvalue weighted by atomic mass is 9.89. The normalized spacial score (nSPS) is 14.7. The Morgan fingerprint density at radius 2 is 1.78 bits per heavy atom. The van der Waals surface area contributed by atoms with Gasteiger partial charge in [-0.05, 0) is 50.3 Å². The third-order valence-corrected chi connectivity index (χ3v) is 5.81. The molecule has 1 aliphatic rings. The van der Waals surface area contributed by atoms with Crippen LogP contribution in [-0.2, 0) is 14.3 Å². The smallest absolute Gasteiger partial charge is 0.341 e. The van der Waals surface area contributed by atoms with Crippen molar-refractivity contribution < 1.29 is 19.1 Å². The summed E-state index contributed by atoms with van der Waals surface area (Å²) in [5.41, 5.74) is 2.44. The molecule has 144 valence electrons. The van der Waals surface area contributed by atoms with E-state index in [1.54, 1.807) is 6.07 Å². The summed E-state index contributed by atoms with van der Waals surface area (Å²) < 4.78 is 7.13. The first-order valence-electron chi connectivity index (χ1n) is 9.21. The SMILES string of the molecule is Cc1ccc(C)n1-c1sccc1C(=O)OCC(=O)NC(=O)C1CCCCC1. The van der Waals surface area contributed by atoms with Crippen LogP contribution in [0.2, 0.25) is 0 Å². The molecule has 0 unspecified atom stereocenters. The molecular formula is C20H24N2O4S. The highest BCUT2D eigenvalue weighted by molar-refractivity contribution is 7.13. The van der Waals surface area contributed by atoms with Gasteiger partial charge in [-0.3, -0.25) is 14.9 Å². The number of amides is 2. The van der Waals surface area contributed by atoms with Crippen LogP contribution in [0.25, 0.3) is 5.00 Å². The van der Waals surface area contributed by atoms with Gasteiger partial charge in [0.1, 0.15) is 5.00 Å². The number of thiophene rings is 1. The van der Waals surface area contributed by atoms with Gasteiger partial charge in [-0.1, -0.05) is 19.3 Å². The Morgan fingerprint density at radius 1 is 1.11 bits per heavy atom. The van der Waals surface area contributed by atoms with Crippen molar-refractivity contribution in [2.24, 2.45) is 5.92 Å². The van der Waals surface area contributed by atoms with Gasteiger partial charge in [-0.2, -0.15) is 0 Å². The van der Waals surface area contributed by atoms with Crippen molar-refractivity contribution in [3.05, 3.63) is 40.5 Å². The molecule has 7 heteroatoms. The highest BCUT2D eigenvalue weighted by atomic mass is 32.1. The van der Waals surface area contributed by atoms with Gasteiger partial charge in [0, 0.05) is 17.3 Å². The van der Waals surface area contributed by atoms with Gasteiger partial charge in [-0.15, -0.1) is 11.3 Å². The van der Waals surface area contributed by atoms with Crippen LogP contribution in [0.15, 0.2) is 23.6 Å². The largest absolute Gasteiger partial charge is 0.452 e. The van der Waals surface area contributed by atoms with Gasteiger partial charge in [0.2, 0.25) is 5.91 Å². The number of rotatable bonds is 5. The summed E-state index contributed by atoms with van der Waals surface area (Å²) in [6.45, 7) is 3.47. The van der Waals surface area contributed by atoms with E-state index in [0.717, 1.165) is 48.5 Å². The van der Waals surface area contributed by atoms with E-state index in [4.69, 9.17) is 4.74 Å². The van der Waals surface area contributed by atoms with Crippen molar-refractivity contribution in [2.75, 3.05) is 6.61 Å². The summed E-state index contributed by atoms with van der Waals surface area (Å²) in [6.07, 6.45) is 4.79. The van der Waals surface area contributed by atoms with E-state index in [9.17, 15) is 14.4 Å². The van der Waals surface area contributed by atoms with Gasteiger partial charge in [-0.25, -0.2) is 4.79 Å². The Morgan fingerprint density at radius 3 is 2.44 bits per heavy atom. The molecule has 0 radical (unpaired) electrons. The van der Waals surface area contributed by atoms with Crippen LogP contribution in [0, 0.1) is 19.8 Å². The molecule has 27 heavy (non-hydrogen) atoms. The molecule has 0 bridgehead atoms. The third kappa shape index (κ3) is 4.47. The van der Waals surface area contributed by atoms with Gasteiger partial charge in [0.15, 0.2) is 6.61 Å². The summed E-state index contributed by atoms with van der Waals surface area (Å²) in [7, 11) is 0. The van der Waals surface area contributed by atoms with Gasteiger partial charge in [0.25, 0.3) is 5.91 Å². The number of nitrogens with one attached hydrogen (secondary N) is 1. The summed E-state index contributed by atoms with van der Waals surface area (Å²) in [4.78, 5) is 36.5. The minimum atomic E-state index is -0.580. The number of hydrogen-bond acceptors (Lipinski definition) is 5. The second-order valence-corrected chi connectivity index (χ2v) is 7.81. The number of ether oxygens (including phenoxy) is 1. The quantitative estimate of drug-likeness (QED) is 0.795. The second-order valence-electron chi connectivity index (χ2n) is 6.91. The van der Waals surface area contributed by atoms with Gasteiger partial charge in [0.05, 0.1) is 5.56 Å². The summed E-state index contributed by atoms with van der Waals surface area (Å²) in [5.74, 6) is -1.52. The first-order valence-corrected chi connectivity index (χ1v) is 10.1. The van der Waals surface area contributed by atoms with E-state index < -0.39 is 18.5 Å². The fourth-order valence-corrected chi connectivity index (χ4v) is 4.47. The number of carbonyl (C=O) groups is 3. The van der Waals surface area contributed by atoms with E-state index in [-0.39, 0.29) is 11.8 Å². The van der Waals surface area contributed by atoms with Crippen molar-refractivity contribution in [3.63, 3.8) is 0 Å². The number of hydrogen-bond donors (Lipinski definition) is 1. The fourth-order valence-electron chi connectivity index (χ4n) is 3.47. The van der Waals surface area contributed by atoms with E-state index >= 15 is 0 Å². The molecule has 0 atom stereocenters. The molecule has 0 spiro atoms. The molecule has 0 aliphatic heterocycles. The lowest BCUT2D eigenvalue weighted by molar-refractivity contribution is -0.135. The van der Waals surface area contributed by atoms with E-state index in [0.29, 0.717) is 5.56 Å². The minimum Gasteiger partial charge on any atom is -0.452 e. The second kappa shape index (κ2) is 8.52. The zero-order valence-electron chi connectivity index (χ0n) is 15.6. The fraction of sp³-hybridized carbons (Fsp3) is 0.450. The van der Waals surface area contributed by atoms with E-state index in [2.05, 4.69) is 5.32 Å². The molecular weight excluding hydrogens is 364 g/mol. The van der Waals surface area contributed by atoms with Crippen LogP contribution < -0.4 is 5.32 Å². The van der Waals surface area contributed by atoms with Crippen LogP contribution in [0.5, 0.6) is 0 Å². The van der Waals surface area contributed by atoms with Gasteiger partial charge >= 0.3 is 5.97 Å². The molecule has 2 aromatic rings. The van der Waals surface area contributed by atoms with Crippen molar-refractivity contribution in [2.45, 2.75) is 46.0 Å².